The van der Waals surface area contributed by atoms with Crippen LogP contribution in [0.4, 0.5) is 0 Å². The van der Waals surface area contributed by atoms with Crippen LogP contribution in [0.1, 0.15) is 44.1 Å². The van der Waals surface area contributed by atoms with Crippen LogP contribution in [0.3, 0.4) is 0 Å². The van der Waals surface area contributed by atoms with E-state index in [0.717, 1.165) is 18.4 Å². The van der Waals surface area contributed by atoms with Gasteiger partial charge in [-0.2, -0.15) is 4.31 Å². The molecule has 2 aliphatic heterocycles. The molecule has 0 spiro atoms. The zero-order valence-corrected chi connectivity index (χ0v) is 14.9. The van der Waals surface area contributed by atoms with E-state index >= 15 is 0 Å². The molecule has 3 rings (SSSR count). The summed E-state index contributed by atoms with van der Waals surface area (Å²) >= 11 is 0. The number of sulfonamides is 1. The van der Waals surface area contributed by atoms with Crippen LogP contribution in [0.25, 0.3) is 0 Å². The summed E-state index contributed by atoms with van der Waals surface area (Å²) in [6, 6.07) is 7.86. The SMILES string of the molecule is Cc1ccccc1S(=O)(=O)N1CCC(N2CCCCCC2)CC1. The van der Waals surface area contributed by atoms with Gasteiger partial charge in [0.2, 0.25) is 10.0 Å². The molecule has 0 saturated carbocycles. The van der Waals surface area contributed by atoms with Gasteiger partial charge in [-0.15, -0.1) is 0 Å². The van der Waals surface area contributed by atoms with Crippen molar-refractivity contribution in [1.29, 1.82) is 0 Å². The molecule has 5 heteroatoms. The van der Waals surface area contributed by atoms with Gasteiger partial charge in [0.15, 0.2) is 0 Å². The largest absolute Gasteiger partial charge is 0.300 e. The molecule has 2 heterocycles. The van der Waals surface area contributed by atoms with Crippen molar-refractivity contribution in [3.63, 3.8) is 0 Å². The summed E-state index contributed by atoms with van der Waals surface area (Å²) in [6.45, 7) is 5.55. The topological polar surface area (TPSA) is 40.6 Å². The van der Waals surface area contributed by atoms with Gasteiger partial charge < -0.3 is 4.90 Å². The van der Waals surface area contributed by atoms with Crippen LogP contribution in [0.2, 0.25) is 0 Å². The number of benzene rings is 1. The number of rotatable bonds is 3. The molecule has 1 aromatic carbocycles. The Kier molecular flexibility index (Phi) is 5.39. The molecule has 1 aromatic rings. The van der Waals surface area contributed by atoms with E-state index in [1.807, 2.05) is 25.1 Å². The zero-order chi connectivity index (χ0) is 16.3. The van der Waals surface area contributed by atoms with Gasteiger partial charge in [0.1, 0.15) is 0 Å². The second-order valence-corrected chi connectivity index (χ2v) is 8.76. The quantitative estimate of drug-likeness (QED) is 0.852. The Morgan fingerprint density at radius 2 is 1.52 bits per heavy atom. The van der Waals surface area contributed by atoms with E-state index in [1.165, 1.54) is 38.8 Å². The third-order valence-electron chi connectivity index (χ3n) is 5.29. The van der Waals surface area contributed by atoms with Crippen molar-refractivity contribution < 1.29 is 8.42 Å². The van der Waals surface area contributed by atoms with E-state index in [2.05, 4.69) is 4.90 Å². The van der Waals surface area contributed by atoms with Crippen molar-refractivity contribution in [1.82, 2.24) is 9.21 Å². The molecule has 0 aliphatic carbocycles. The first-order chi connectivity index (χ1) is 11.1. The van der Waals surface area contributed by atoms with Gasteiger partial charge in [-0.25, -0.2) is 8.42 Å². The lowest BCUT2D eigenvalue weighted by molar-refractivity contribution is 0.144. The van der Waals surface area contributed by atoms with E-state index in [1.54, 1.807) is 10.4 Å². The molecular formula is C18H28N2O2S. The molecular weight excluding hydrogens is 308 g/mol. The van der Waals surface area contributed by atoms with Gasteiger partial charge in [0, 0.05) is 19.1 Å². The second kappa shape index (κ2) is 7.32. The van der Waals surface area contributed by atoms with E-state index in [9.17, 15) is 8.42 Å². The van der Waals surface area contributed by atoms with Gasteiger partial charge in [0.05, 0.1) is 4.90 Å². The summed E-state index contributed by atoms with van der Waals surface area (Å²) in [5.74, 6) is 0. The third-order valence-corrected chi connectivity index (χ3v) is 7.35. The van der Waals surface area contributed by atoms with Crippen molar-refractivity contribution >= 4 is 10.0 Å². The molecule has 0 amide bonds. The molecule has 0 radical (unpaired) electrons. The molecule has 0 bridgehead atoms. The van der Waals surface area contributed by atoms with Crippen LogP contribution in [-0.4, -0.2) is 49.8 Å². The molecule has 4 nitrogen and oxygen atoms in total. The fourth-order valence-corrected chi connectivity index (χ4v) is 5.59. The minimum absolute atomic E-state index is 0.466. The standard InChI is InChI=1S/C18H28N2O2S/c1-16-8-4-5-9-18(16)23(21,22)20-14-10-17(11-15-20)19-12-6-2-3-7-13-19/h4-5,8-9,17H,2-3,6-7,10-15H2,1H3. The van der Waals surface area contributed by atoms with Crippen molar-refractivity contribution in [3.8, 4) is 0 Å². The number of nitrogens with zero attached hydrogens (tertiary/aromatic N) is 2. The first-order valence-corrected chi connectivity index (χ1v) is 10.3. The molecule has 0 atom stereocenters. The predicted molar refractivity (Wildman–Crippen MR) is 93.0 cm³/mol. The van der Waals surface area contributed by atoms with E-state index < -0.39 is 10.0 Å². The maximum atomic E-state index is 12.9. The highest BCUT2D eigenvalue weighted by molar-refractivity contribution is 7.89. The Morgan fingerprint density at radius 3 is 2.13 bits per heavy atom. The summed E-state index contributed by atoms with van der Waals surface area (Å²) in [5.41, 5.74) is 0.835. The Morgan fingerprint density at radius 1 is 0.913 bits per heavy atom. The Bertz CT molecular complexity index is 614. The van der Waals surface area contributed by atoms with Crippen molar-refractivity contribution in [2.24, 2.45) is 0 Å². The highest BCUT2D eigenvalue weighted by Crippen LogP contribution is 2.26. The van der Waals surface area contributed by atoms with Gasteiger partial charge in [-0.3, -0.25) is 0 Å². The van der Waals surface area contributed by atoms with Gasteiger partial charge in [0.25, 0.3) is 0 Å². The van der Waals surface area contributed by atoms with Crippen molar-refractivity contribution in [2.45, 2.75) is 56.4 Å². The van der Waals surface area contributed by atoms with E-state index in [-0.39, 0.29) is 0 Å². The van der Waals surface area contributed by atoms with Crippen LogP contribution >= 0.6 is 0 Å². The number of aryl methyl sites for hydroxylation is 1. The number of likely N-dealkylation sites (tertiary alicyclic amines) is 1. The van der Waals surface area contributed by atoms with Crippen molar-refractivity contribution in [3.05, 3.63) is 29.8 Å². The summed E-state index contributed by atoms with van der Waals surface area (Å²) in [4.78, 5) is 3.07. The van der Waals surface area contributed by atoms with E-state index in [4.69, 9.17) is 0 Å². The zero-order valence-electron chi connectivity index (χ0n) is 14.1. The Labute approximate surface area is 140 Å². The molecule has 2 aliphatic rings. The first kappa shape index (κ1) is 16.9. The second-order valence-electron chi connectivity index (χ2n) is 6.85. The van der Waals surface area contributed by atoms with E-state index in [0.29, 0.717) is 24.0 Å². The number of piperidine rings is 1. The summed E-state index contributed by atoms with van der Waals surface area (Å²) in [7, 11) is -3.34. The van der Waals surface area contributed by atoms with Gasteiger partial charge >= 0.3 is 0 Å². The average Bonchev–Trinajstić information content (AvgIpc) is 2.84. The normalized spacial score (nSPS) is 22.8. The highest BCUT2D eigenvalue weighted by Gasteiger charge is 2.32. The summed E-state index contributed by atoms with van der Waals surface area (Å²) in [5, 5.41) is 0. The van der Waals surface area contributed by atoms with Gasteiger partial charge in [-0.05, 0) is 57.3 Å². The van der Waals surface area contributed by atoms with Crippen LogP contribution < -0.4 is 0 Å². The number of hydrogen-bond donors (Lipinski definition) is 0. The monoisotopic (exact) mass is 336 g/mol. The smallest absolute Gasteiger partial charge is 0.243 e. The Balaban J connectivity index is 1.65. The highest BCUT2D eigenvalue weighted by atomic mass is 32.2. The van der Waals surface area contributed by atoms with Crippen LogP contribution in [0, 0.1) is 6.92 Å². The third kappa shape index (κ3) is 3.78. The lowest BCUT2D eigenvalue weighted by Gasteiger charge is -2.37. The maximum absolute atomic E-state index is 12.9. The van der Waals surface area contributed by atoms with Gasteiger partial charge in [-0.1, -0.05) is 31.0 Å². The minimum atomic E-state index is -3.34. The molecule has 23 heavy (non-hydrogen) atoms. The molecule has 2 fully saturated rings. The molecule has 0 aromatic heterocycles. The lowest BCUT2D eigenvalue weighted by atomic mass is 10.0. The van der Waals surface area contributed by atoms with Crippen molar-refractivity contribution in [2.75, 3.05) is 26.2 Å². The fourth-order valence-electron chi connectivity index (χ4n) is 3.89. The maximum Gasteiger partial charge on any atom is 0.243 e. The number of hydrogen-bond acceptors (Lipinski definition) is 3. The summed E-state index contributed by atoms with van der Waals surface area (Å²) < 4.78 is 27.4. The van der Waals surface area contributed by atoms with Crippen LogP contribution in [-0.2, 0) is 10.0 Å². The predicted octanol–water partition coefficient (Wildman–Crippen LogP) is 3.02. The fraction of sp³-hybridized carbons (Fsp3) is 0.667. The minimum Gasteiger partial charge on any atom is -0.300 e. The average molecular weight is 337 g/mol. The Hall–Kier alpha value is -0.910. The first-order valence-electron chi connectivity index (χ1n) is 8.89. The molecule has 2 saturated heterocycles. The summed E-state index contributed by atoms with van der Waals surface area (Å²) in [6.07, 6.45) is 7.20. The lowest BCUT2D eigenvalue weighted by Crippen LogP contribution is -2.47. The molecule has 0 N–H and O–H groups in total. The van der Waals surface area contributed by atoms with Crippen LogP contribution in [0.15, 0.2) is 29.2 Å². The molecule has 0 unspecified atom stereocenters. The molecule has 128 valence electrons. The van der Waals surface area contributed by atoms with Crippen LogP contribution in [0.5, 0.6) is 0 Å².